The van der Waals surface area contributed by atoms with Crippen molar-refractivity contribution in [1.29, 1.82) is 0 Å². The number of hydrogen-bond donors (Lipinski definition) is 2. The molecule has 2 atom stereocenters. The van der Waals surface area contributed by atoms with Crippen LogP contribution >= 0.6 is 0 Å². The normalized spacial score (nSPS) is 23.3. The van der Waals surface area contributed by atoms with E-state index in [1.165, 1.54) is 12.8 Å². The number of likely N-dealkylation sites (tertiary alicyclic amines) is 1. The highest BCUT2D eigenvalue weighted by molar-refractivity contribution is 5.81. The molecule has 0 spiro atoms. The predicted octanol–water partition coefficient (Wildman–Crippen LogP) is 0.714. The Balaban J connectivity index is 2.25. The fraction of sp³-hybridized carbons (Fsp3) is 0.917. The fourth-order valence-corrected chi connectivity index (χ4v) is 2.33. The highest BCUT2D eigenvalue weighted by Gasteiger charge is 2.23. The minimum absolute atomic E-state index is 0.00445. The van der Waals surface area contributed by atoms with E-state index in [0.717, 1.165) is 32.5 Å². The molecule has 0 aliphatic carbocycles. The summed E-state index contributed by atoms with van der Waals surface area (Å²) in [6, 6.07) is 0.184. The molecule has 0 aromatic carbocycles. The summed E-state index contributed by atoms with van der Waals surface area (Å²) in [5.74, 6) is 0.00445. The summed E-state index contributed by atoms with van der Waals surface area (Å²) in [5.41, 5.74) is 5.75. The van der Waals surface area contributed by atoms with Crippen molar-refractivity contribution in [2.45, 2.75) is 51.6 Å². The van der Waals surface area contributed by atoms with Gasteiger partial charge in [-0.05, 0) is 32.4 Å². The zero-order valence-corrected chi connectivity index (χ0v) is 10.5. The Bertz CT molecular complexity index is 220. The molecule has 1 aliphatic rings. The Hall–Kier alpha value is -0.610. The molecule has 0 bridgehead atoms. The third-order valence-electron chi connectivity index (χ3n) is 3.35. The molecular formula is C12H25N3O. The van der Waals surface area contributed by atoms with Crippen LogP contribution in [0.2, 0.25) is 0 Å². The number of nitrogens with zero attached hydrogens (tertiary/aromatic N) is 1. The van der Waals surface area contributed by atoms with E-state index in [-0.39, 0.29) is 11.9 Å². The second kappa shape index (κ2) is 6.86. The minimum atomic E-state index is -0.332. The van der Waals surface area contributed by atoms with Crippen LogP contribution in [0, 0.1) is 0 Å². The number of carbonyl (C=O) groups is 1. The second-order valence-electron chi connectivity index (χ2n) is 4.56. The van der Waals surface area contributed by atoms with E-state index in [1.54, 1.807) is 0 Å². The summed E-state index contributed by atoms with van der Waals surface area (Å²) in [6.45, 7) is 7.20. The van der Waals surface area contributed by atoms with Crippen molar-refractivity contribution in [2.24, 2.45) is 5.73 Å². The van der Waals surface area contributed by atoms with Gasteiger partial charge in [0.05, 0.1) is 6.04 Å². The van der Waals surface area contributed by atoms with Gasteiger partial charge in [0, 0.05) is 12.6 Å². The molecule has 1 saturated heterocycles. The summed E-state index contributed by atoms with van der Waals surface area (Å²) in [4.78, 5) is 14.1. The molecule has 0 radical (unpaired) electrons. The van der Waals surface area contributed by atoms with Gasteiger partial charge < -0.3 is 11.1 Å². The number of hydrogen-bond acceptors (Lipinski definition) is 3. The topological polar surface area (TPSA) is 58.4 Å². The zero-order chi connectivity index (χ0) is 12.0. The van der Waals surface area contributed by atoms with Gasteiger partial charge in [-0.25, -0.2) is 0 Å². The standard InChI is InChI=1S/C12H25N3O/c1-3-6-11(13)12(16)14-9-10-7-5-8-15(10)4-2/h10-11H,3-9,13H2,1-2H3,(H,14,16)/t10?,11-/m1/s1. The second-order valence-corrected chi connectivity index (χ2v) is 4.56. The largest absolute Gasteiger partial charge is 0.353 e. The van der Waals surface area contributed by atoms with Crippen LogP contribution in [-0.4, -0.2) is 42.5 Å². The summed E-state index contributed by atoms with van der Waals surface area (Å²) in [7, 11) is 0. The molecule has 0 saturated carbocycles. The molecule has 1 rings (SSSR count). The van der Waals surface area contributed by atoms with Crippen molar-refractivity contribution in [2.75, 3.05) is 19.6 Å². The van der Waals surface area contributed by atoms with Crippen LogP contribution < -0.4 is 11.1 Å². The Kier molecular flexibility index (Phi) is 5.77. The van der Waals surface area contributed by atoms with Crippen molar-refractivity contribution >= 4 is 5.91 Å². The number of likely N-dealkylation sites (N-methyl/N-ethyl adjacent to an activating group) is 1. The maximum absolute atomic E-state index is 11.6. The van der Waals surface area contributed by atoms with E-state index in [1.807, 2.05) is 6.92 Å². The van der Waals surface area contributed by atoms with E-state index in [2.05, 4.69) is 17.1 Å². The molecule has 1 unspecified atom stereocenters. The average molecular weight is 227 g/mol. The van der Waals surface area contributed by atoms with Crippen molar-refractivity contribution in [3.63, 3.8) is 0 Å². The molecule has 1 amide bonds. The molecule has 4 nitrogen and oxygen atoms in total. The van der Waals surface area contributed by atoms with Gasteiger partial charge in [0.25, 0.3) is 0 Å². The number of nitrogens with one attached hydrogen (secondary N) is 1. The van der Waals surface area contributed by atoms with Gasteiger partial charge >= 0.3 is 0 Å². The van der Waals surface area contributed by atoms with Crippen LogP contribution in [0.4, 0.5) is 0 Å². The molecule has 0 aromatic heterocycles. The molecule has 94 valence electrons. The lowest BCUT2D eigenvalue weighted by atomic mass is 10.1. The highest BCUT2D eigenvalue weighted by atomic mass is 16.2. The maximum atomic E-state index is 11.6. The monoisotopic (exact) mass is 227 g/mol. The quantitative estimate of drug-likeness (QED) is 0.703. The minimum Gasteiger partial charge on any atom is -0.353 e. The van der Waals surface area contributed by atoms with Crippen LogP contribution in [0.5, 0.6) is 0 Å². The average Bonchev–Trinajstić information content (AvgIpc) is 2.73. The first kappa shape index (κ1) is 13.5. The van der Waals surface area contributed by atoms with E-state index in [4.69, 9.17) is 5.73 Å². The van der Waals surface area contributed by atoms with E-state index < -0.39 is 0 Å². The van der Waals surface area contributed by atoms with Crippen LogP contribution in [0.25, 0.3) is 0 Å². The van der Waals surface area contributed by atoms with Gasteiger partial charge in [0.1, 0.15) is 0 Å². The van der Waals surface area contributed by atoms with Crippen LogP contribution in [-0.2, 0) is 4.79 Å². The summed E-state index contributed by atoms with van der Waals surface area (Å²) in [5, 5.41) is 2.97. The number of carbonyl (C=O) groups excluding carboxylic acids is 1. The van der Waals surface area contributed by atoms with Crippen LogP contribution in [0.15, 0.2) is 0 Å². The molecular weight excluding hydrogens is 202 g/mol. The number of amides is 1. The fourth-order valence-electron chi connectivity index (χ4n) is 2.33. The van der Waals surface area contributed by atoms with Crippen molar-refractivity contribution in [3.8, 4) is 0 Å². The van der Waals surface area contributed by atoms with Gasteiger partial charge in [-0.15, -0.1) is 0 Å². The smallest absolute Gasteiger partial charge is 0.236 e. The molecule has 1 fully saturated rings. The summed E-state index contributed by atoms with van der Waals surface area (Å²) >= 11 is 0. The molecule has 3 N–H and O–H groups in total. The van der Waals surface area contributed by atoms with Crippen molar-refractivity contribution in [3.05, 3.63) is 0 Å². The highest BCUT2D eigenvalue weighted by Crippen LogP contribution is 2.15. The number of rotatable bonds is 6. The maximum Gasteiger partial charge on any atom is 0.236 e. The molecule has 4 heteroatoms. The summed E-state index contributed by atoms with van der Waals surface area (Å²) in [6.07, 6.45) is 4.17. The lowest BCUT2D eigenvalue weighted by molar-refractivity contribution is -0.122. The molecule has 16 heavy (non-hydrogen) atoms. The Labute approximate surface area is 98.6 Å². The zero-order valence-electron chi connectivity index (χ0n) is 10.5. The van der Waals surface area contributed by atoms with Gasteiger partial charge in [0.15, 0.2) is 0 Å². The predicted molar refractivity (Wildman–Crippen MR) is 66.2 cm³/mol. The SMILES string of the molecule is CCC[C@@H](N)C(=O)NCC1CCCN1CC. The first-order valence-corrected chi connectivity index (χ1v) is 6.46. The van der Waals surface area contributed by atoms with E-state index in [0.29, 0.717) is 6.04 Å². The Morgan fingerprint density at radius 3 is 2.94 bits per heavy atom. The van der Waals surface area contributed by atoms with Crippen LogP contribution in [0.3, 0.4) is 0 Å². The lowest BCUT2D eigenvalue weighted by Crippen LogP contribution is -2.46. The van der Waals surface area contributed by atoms with Gasteiger partial charge in [-0.2, -0.15) is 0 Å². The molecule has 1 heterocycles. The van der Waals surface area contributed by atoms with E-state index >= 15 is 0 Å². The van der Waals surface area contributed by atoms with Gasteiger partial charge in [-0.3, -0.25) is 9.69 Å². The Morgan fingerprint density at radius 1 is 1.56 bits per heavy atom. The first-order valence-electron chi connectivity index (χ1n) is 6.46. The van der Waals surface area contributed by atoms with Crippen molar-refractivity contribution in [1.82, 2.24) is 10.2 Å². The van der Waals surface area contributed by atoms with E-state index in [9.17, 15) is 4.79 Å². The molecule has 1 aliphatic heterocycles. The Morgan fingerprint density at radius 2 is 2.31 bits per heavy atom. The van der Waals surface area contributed by atoms with Gasteiger partial charge in [-0.1, -0.05) is 20.3 Å². The molecule has 0 aromatic rings. The van der Waals surface area contributed by atoms with Crippen LogP contribution in [0.1, 0.15) is 39.5 Å². The third-order valence-corrected chi connectivity index (χ3v) is 3.35. The lowest BCUT2D eigenvalue weighted by Gasteiger charge is -2.23. The van der Waals surface area contributed by atoms with Gasteiger partial charge in [0.2, 0.25) is 5.91 Å². The third kappa shape index (κ3) is 3.76. The first-order chi connectivity index (χ1) is 7.69. The van der Waals surface area contributed by atoms with Crippen molar-refractivity contribution < 1.29 is 4.79 Å². The summed E-state index contributed by atoms with van der Waals surface area (Å²) < 4.78 is 0. The number of nitrogens with two attached hydrogens (primary N) is 1.